The fourth-order valence-electron chi connectivity index (χ4n) is 0.456. The van der Waals surface area contributed by atoms with Gasteiger partial charge in [-0.2, -0.15) is 4.31 Å². The van der Waals surface area contributed by atoms with Gasteiger partial charge in [0.1, 0.15) is 0 Å². The lowest BCUT2D eigenvalue weighted by molar-refractivity contribution is 0.191. The van der Waals surface area contributed by atoms with Gasteiger partial charge >= 0.3 is 15.6 Å². The molecule has 0 aliphatic rings. The zero-order valence-corrected chi connectivity index (χ0v) is 11.6. The van der Waals surface area contributed by atoms with Crippen LogP contribution in [0.5, 0.6) is 0 Å². The Kier molecular flexibility index (Phi) is 14.9. The number of rotatable bonds is 5. The maximum Gasteiger partial charge on any atom is 0.481 e. The van der Waals surface area contributed by atoms with Gasteiger partial charge in [-0.15, -0.1) is 0 Å². The van der Waals surface area contributed by atoms with Gasteiger partial charge < -0.3 is 33.1 Å². The highest BCUT2D eigenvalue weighted by atomic mass is 31.3. The summed E-state index contributed by atoms with van der Waals surface area (Å²) in [4.78, 5) is 25.2. The minimum Gasteiger partial charge on any atom is -0.344 e. The van der Waals surface area contributed by atoms with Crippen molar-refractivity contribution >= 4 is 15.6 Å². The van der Waals surface area contributed by atoms with E-state index in [0.29, 0.717) is 0 Å². The lowest BCUT2D eigenvalue weighted by atomic mass is 10.4. The van der Waals surface area contributed by atoms with Gasteiger partial charge in [-0.3, -0.25) is 4.52 Å². The van der Waals surface area contributed by atoms with Crippen molar-refractivity contribution in [1.29, 1.82) is 0 Å². The first-order valence-electron chi connectivity index (χ1n) is 3.50. The third-order valence-corrected chi connectivity index (χ3v) is 3.09. The Hall–Kier alpha value is -0.120. The van der Waals surface area contributed by atoms with Crippen molar-refractivity contribution in [3.63, 3.8) is 0 Å². The molecule has 0 saturated heterocycles. The number of hydrogen-bond acceptors (Lipinski definition) is 7. The van der Waals surface area contributed by atoms with Crippen molar-refractivity contribution in [2.75, 3.05) is 6.61 Å². The van der Waals surface area contributed by atoms with Gasteiger partial charge in [0.2, 0.25) is 0 Å². The number of hydrogen-bond donors (Lipinski definition) is 6. The van der Waals surface area contributed by atoms with Gasteiger partial charge in [0.05, 0.1) is 6.61 Å². The highest BCUT2D eigenvalue weighted by Gasteiger charge is 2.31. The third kappa shape index (κ3) is 18.4. The summed E-state index contributed by atoms with van der Waals surface area (Å²) < 4.78 is 28.8. The van der Waals surface area contributed by atoms with E-state index in [1.807, 2.05) is 0 Å². The summed E-state index contributed by atoms with van der Waals surface area (Å²) in [5, 5.41) is 0. The van der Waals surface area contributed by atoms with Crippen LogP contribution in [0.1, 0.15) is 13.8 Å². The summed E-state index contributed by atoms with van der Waals surface area (Å²) in [6.45, 7) is 3.21. The second-order valence-electron chi connectivity index (χ2n) is 2.62. The summed E-state index contributed by atoms with van der Waals surface area (Å²) in [5.41, 5.74) is 0.834. The Morgan fingerprint density at radius 3 is 1.82 bits per heavy atom. The largest absolute Gasteiger partial charge is 0.481 e. The van der Waals surface area contributed by atoms with Crippen LogP contribution in [0.2, 0.25) is 0 Å². The van der Waals surface area contributed by atoms with E-state index in [-0.39, 0.29) is 25.1 Å². The number of phosphoric acid groups is 2. The molecule has 0 aliphatic carbocycles. The lowest BCUT2D eigenvalue weighted by Crippen LogP contribution is -1.94. The molecule has 17 heavy (non-hydrogen) atoms. The molecule has 0 amide bonds. The molecule has 0 saturated carbocycles. The van der Waals surface area contributed by atoms with Gasteiger partial charge in [-0.05, 0) is 13.8 Å². The van der Waals surface area contributed by atoms with Gasteiger partial charge in [-0.1, -0.05) is 11.6 Å². The van der Waals surface area contributed by atoms with E-state index in [1.54, 1.807) is 13.8 Å². The lowest BCUT2D eigenvalue weighted by Gasteiger charge is -2.10. The van der Waals surface area contributed by atoms with Gasteiger partial charge in [0.25, 0.3) is 0 Å². The Bertz CT molecular complexity index is 311. The standard InChI is InChI=1S/C5H12O7P2.3H3N/c1-5(2)3-4-11-14(9,10)12-13(6,7)8;;;/h3H,4H2,1-2H3,(H,9,10)(H2,6,7,8);3*1H3/i4+2;;;. The SMILES string of the molecule is CC(C)=C[14CH2]OP(=O)(O)OP(=O)(O)O.N.N.N. The molecule has 0 aromatic rings. The summed E-state index contributed by atoms with van der Waals surface area (Å²) in [5.74, 6) is 0. The van der Waals surface area contributed by atoms with Crippen LogP contribution in [-0.2, 0) is 18.0 Å². The maximum absolute atomic E-state index is 10.8. The van der Waals surface area contributed by atoms with E-state index in [0.717, 1.165) is 5.57 Å². The molecule has 1 unspecified atom stereocenters. The molecule has 0 aromatic heterocycles. The molecule has 0 heterocycles. The first kappa shape index (κ1) is 25.7. The fourth-order valence-corrected chi connectivity index (χ4v) is 1.98. The predicted molar refractivity (Wildman–Crippen MR) is 63.4 cm³/mol. The summed E-state index contributed by atoms with van der Waals surface area (Å²) in [6.07, 6.45) is 1.46. The maximum atomic E-state index is 10.8. The van der Waals surface area contributed by atoms with E-state index in [4.69, 9.17) is 14.7 Å². The Balaban J connectivity index is -0.000000282. The molecular formula is C5H21N3O7P2. The highest BCUT2D eigenvalue weighted by Crippen LogP contribution is 2.57. The molecule has 1 atom stereocenters. The quantitative estimate of drug-likeness (QED) is 0.318. The third-order valence-electron chi connectivity index (χ3n) is 0.939. The van der Waals surface area contributed by atoms with Gasteiger partial charge in [-0.25, -0.2) is 9.13 Å². The van der Waals surface area contributed by atoms with Crippen molar-refractivity contribution in [2.24, 2.45) is 0 Å². The second kappa shape index (κ2) is 9.86. The van der Waals surface area contributed by atoms with Crippen molar-refractivity contribution in [3.05, 3.63) is 11.6 Å². The molecule has 0 radical (unpaired) electrons. The summed E-state index contributed by atoms with van der Waals surface area (Å²) >= 11 is 0. The molecule has 12 N–H and O–H groups in total. The Morgan fingerprint density at radius 1 is 1.12 bits per heavy atom. The monoisotopic (exact) mass is 299 g/mol. The smallest absolute Gasteiger partial charge is 0.344 e. The number of allylic oxidation sites excluding steroid dienone is 1. The molecule has 10 nitrogen and oxygen atoms in total. The molecule has 0 rings (SSSR count). The van der Waals surface area contributed by atoms with Crippen LogP contribution in [0, 0.1) is 0 Å². The van der Waals surface area contributed by atoms with Crippen molar-refractivity contribution in [3.8, 4) is 0 Å². The average Bonchev–Trinajstić information content (AvgIpc) is 1.78. The molecule has 0 aromatic carbocycles. The zero-order chi connectivity index (χ0) is 11.4. The Morgan fingerprint density at radius 2 is 1.53 bits per heavy atom. The molecular weight excluding hydrogens is 278 g/mol. The van der Waals surface area contributed by atoms with E-state index in [2.05, 4.69) is 8.83 Å². The summed E-state index contributed by atoms with van der Waals surface area (Å²) in [6, 6.07) is 0. The first-order valence-corrected chi connectivity index (χ1v) is 6.52. The summed E-state index contributed by atoms with van der Waals surface area (Å²) in [7, 11) is -9.69. The highest BCUT2D eigenvalue weighted by molar-refractivity contribution is 7.60. The van der Waals surface area contributed by atoms with Crippen molar-refractivity contribution in [2.45, 2.75) is 13.8 Å². The van der Waals surface area contributed by atoms with E-state index >= 15 is 0 Å². The predicted octanol–water partition coefficient (Wildman–Crippen LogP) is 1.66. The van der Waals surface area contributed by atoms with Gasteiger partial charge in [0.15, 0.2) is 0 Å². The van der Waals surface area contributed by atoms with Crippen molar-refractivity contribution in [1.82, 2.24) is 18.5 Å². The van der Waals surface area contributed by atoms with Crippen LogP contribution in [0.25, 0.3) is 0 Å². The normalized spacial score (nSPS) is 13.2. The zero-order valence-electron chi connectivity index (χ0n) is 9.77. The molecule has 0 fully saturated rings. The van der Waals surface area contributed by atoms with E-state index in [9.17, 15) is 9.13 Å². The average molecular weight is 299 g/mol. The van der Waals surface area contributed by atoms with E-state index < -0.39 is 15.6 Å². The molecule has 0 spiro atoms. The van der Waals surface area contributed by atoms with Crippen LogP contribution < -0.4 is 18.5 Å². The van der Waals surface area contributed by atoms with Crippen LogP contribution >= 0.6 is 15.6 Å². The van der Waals surface area contributed by atoms with Gasteiger partial charge in [0, 0.05) is 0 Å². The molecule has 0 bridgehead atoms. The minimum absolute atomic E-state index is 0. The van der Waals surface area contributed by atoms with Crippen LogP contribution in [-0.4, -0.2) is 21.3 Å². The minimum atomic E-state index is -5.01. The fraction of sp³-hybridized carbons (Fsp3) is 0.600. The molecule has 0 aliphatic heterocycles. The van der Waals surface area contributed by atoms with Crippen molar-refractivity contribution < 1.29 is 32.6 Å². The van der Waals surface area contributed by atoms with Crippen LogP contribution in [0.15, 0.2) is 11.6 Å². The van der Waals surface area contributed by atoms with Crippen LogP contribution in [0.4, 0.5) is 0 Å². The molecule has 108 valence electrons. The first-order chi connectivity index (χ1) is 6.12. The Labute approximate surface area is 99.6 Å². The topological polar surface area (TPSA) is 218 Å². The van der Waals surface area contributed by atoms with E-state index in [1.165, 1.54) is 6.08 Å². The number of phosphoric ester groups is 1. The molecule has 12 heteroatoms. The van der Waals surface area contributed by atoms with Crippen LogP contribution in [0.3, 0.4) is 0 Å². The second-order valence-corrected chi connectivity index (χ2v) is 5.45.